The maximum Gasteiger partial charge on any atom is 0.209 e. The van der Waals surface area contributed by atoms with E-state index in [1.54, 1.807) is 6.92 Å². The molecular weight excluding hydrogens is 212 g/mol. The summed E-state index contributed by atoms with van der Waals surface area (Å²) in [5.41, 5.74) is 6.01. The Bertz CT molecular complexity index is 660. The number of piperidine rings is 1. The van der Waals surface area contributed by atoms with E-state index in [9.17, 15) is 4.79 Å². The number of benzene rings is 1. The van der Waals surface area contributed by atoms with Gasteiger partial charge in [0, 0.05) is 29.5 Å². The van der Waals surface area contributed by atoms with Gasteiger partial charge in [0.05, 0.1) is 11.4 Å². The predicted molar refractivity (Wildman–Crippen MR) is 64.4 cm³/mol. The van der Waals surface area contributed by atoms with Crippen molar-refractivity contribution in [2.24, 2.45) is 4.99 Å². The Morgan fingerprint density at radius 1 is 1.24 bits per heavy atom. The molecule has 0 aromatic heterocycles. The van der Waals surface area contributed by atoms with Crippen molar-refractivity contribution in [3.63, 3.8) is 0 Å². The van der Waals surface area contributed by atoms with Crippen LogP contribution in [0.1, 0.15) is 34.8 Å². The van der Waals surface area contributed by atoms with E-state index in [-0.39, 0.29) is 5.78 Å². The molecule has 1 aromatic rings. The number of hydrogen-bond donors (Lipinski definition) is 1. The van der Waals surface area contributed by atoms with Gasteiger partial charge in [0.25, 0.3) is 0 Å². The molecule has 2 aliphatic heterocycles. The van der Waals surface area contributed by atoms with Crippen molar-refractivity contribution < 1.29 is 4.79 Å². The fraction of sp³-hybridized carbons (Fsp3) is 0.429. The molecule has 0 bridgehead atoms. The molecular formula is C14H12N2O. The molecule has 1 aromatic carbocycles. The average molecular weight is 224 g/mol. The van der Waals surface area contributed by atoms with Gasteiger partial charge in [-0.25, -0.2) is 4.99 Å². The van der Waals surface area contributed by atoms with Crippen molar-refractivity contribution in [3.05, 3.63) is 28.8 Å². The van der Waals surface area contributed by atoms with Crippen molar-refractivity contribution in [3.8, 4) is 0 Å². The van der Waals surface area contributed by atoms with Crippen LogP contribution in [0.15, 0.2) is 17.1 Å². The van der Waals surface area contributed by atoms with Gasteiger partial charge in [-0.2, -0.15) is 0 Å². The predicted octanol–water partition coefficient (Wildman–Crippen LogP) is 1.47. The number of Topliss-reactive ketones (excluding diaryl/α,β-unsaturated/α-hetero) is 1. The fourth-order valence-corrected chi connectivity index (χ4v) is 4.34. The molecule has 2 atom stereocenters. The van der Waals surface area contributed by atoms with Crippen LogP contribution in [0, 0.1) is 0 Å². The van der Waals surface area contributed by atoms with Gasteiger partial charge in [0.1, 0.15) is 0 Å². The first kappa shape index (κ1) is 8.59. The molecule has 2 fully saturated rings. The average Bonchev–Trinajstić information content (AvgIpc) is 2.61. The Balaban J connectivity index is 1.79. The van der Waals surface area contributed by atoms with Gasteiger partial charge < -0.3 is 5.32 Å². The summed E-state index contributed by atoms with van der Waals surface area (Å²) < 4.78 is 0. The van der Waals surface area contributed by atoms with Crippen LogP contribution >= 0.6 is 0 Å². The van der Waals surface area contributed by atoms with Gasteiger partial charge in [-0.05, 0) is 36.6 Å². The third-order valence-electron chi connectivity index (χ3n) is 5.28. The summed E-state index contributed by atoms with van der Waals surface area (Å²) >= 11 is 0. The maximum atomic E-state index is 11.9. The molecule has 0 amide bonds. The fourth-order valence-electron chi connectivity index (χ4n) is 4.34. The summed E-state index contributed by atoms with van der Waals surface area (Å²) in [5, 5.41) is 3.49. The van der Waals surface area contributed by atoms with Crippen LogP contribution in [-0.2, 0) is 10.8 Å². The second-order valence-corrected chi connectivity index (χ2v) is 5.89. The molecule has 2 unspecified atom stereocenters. The van der Waals surface area contributed by atoms with Gasteiger partial charge in [-0.3, -0.25) is 4.79 Å². The largest absolute Gasteiger partial charge is 0.315 e. The molecule has 4 aliphatic rings. The SMILES string of the molecule is CC1=Nc2cc3c(cc2C1=O)C12CNCC31C2. The van der Waals surface area contributed by atoms with Crippen LogP contribution in [0.5, 0.6) is 0 Å². The first-order valence-corrected chi connectivity index (χ1v) is 6.18. The number of rotatable bonds is 0. The van der Waals surface area contributed by atoms with Gasteiger partial charge in [-0.15, -0.1) is 0 Å². The molecule has 2 aliphatic carbocycles. The lowest BCUT2D eigenvalue weighted by atomic mass is 9.69. The minimum Gasteiger partial charge on any atom is -0.315 e. The minimum absolute atomic E-state index is 0.114. The van der Waals surface area contributed by atoms with E-state index in [1.165, 1.54) is 17.5 Å². The zero-order valence-corrected chi connectivity index (χ0v) is 9.63. The third-order valence-corrected chi connectivity index (χ3v) is 5.28. The summed E-state index contributed by atoms with van der Waals surface area (Å²) in [6, 6.07) is 4.28. The van der Waals surface area contributed by atoms with E-state index in [4.69, 9.17) is 0 Å². The van der Waals surface area contributed by atoms with Crippen LogP contribution in [-0.4, -0.2) is 24.6 Å². The maximum absolute atomic E-state index is 11.9. The highest BCUT2D eigenvalue weighted by molar-refractivity contribution is 6.49. The molecule has 84 valence electrons. The number of fused-ring (bicyclic) bond motifs is 2. The molecule has 0 spiro atoms. The van der Waals surface area contributed by atoms with Gasteiger partial charge >= 0.3 is 0 Å². The number of aliphatic imine (C=N–C) groups is 1. The topological polar surface area (TPSA) is 41.5 Å². The molecule has 5 rings (SSSR count). The van der Waals surface area contributed by atoms with Crippen LogP contribution in [0.25, 0.3) is 0 Å². The number of ketones is 1. The lowest BCUT2D eigenvalue weighted by molar-refractivity contribution is 0.106. The number of nitrogens with one attached hydrogen (secondary N) is 1. The first-order chi connectivity index (χ1) is 8.18. The second kappa shape index (κ2) is 2.10. The van der Waals surface area contributed by atoms with Crippen molar-refractivity contribution in [2.45, 2.75) is 24.2 Å². The summed E-state index contributed by atoms with van der Waals surface area (Å²) in [6.07, 6.45) is 1.28. The highest BCUT2D eigenvalue weighted by Crippen LogP contribution is 2.77. The molecule has 3 heteroatoms. The normalized spacial score (nSPS) is 38.9. The second-order valence-electron chi connectivity index (χ2n) is 5.89. The van der Waals surface area contributed by atoms with Gasteiger partial charge in [0.2, 0.25) is 5.78 Å². The lowest BCUT2D eigenvalue weighted by Crippen LogP contribution is -2.33. The van der Waals surface area contributed by atoms with Crippen molar-refractivity contribution in [1.82, 2.24) is 5.32 Å². The molecule has 3 nitrogen and oxygen atoms in total. The first-order valence-electron chi connectivity index (χ1n) is 6.18. The molecule has 1 saturated heterocycles. The summed E-state index contributed by atoms with van der Waals surface area (Å²) in [5.74, 6) is 0.114. The standard InChI is InChI=1S/C14H12N2O/c1-7-12(17)8-2-9-10(3-11(8)16-7)14-4-13(9,14)5-15-6-14/h2-3,15H,4-6H2,1H3. The molecule has 17 heavy (non-hydrogen) atoms. The van der Waals surface area contributed by atoms with Gasteiger partial charge in [0.15, 0.2) is 0 Å². The minimum atomic E-state index is 0.114. The summed E-state index contributed by atoms with van der Waals surface area (Å²) in [6.45, 7) is 4.00. The van der Waals surface area contributed by atoms with Crippen LogP contribution in [0.4, 0.5) is 5.69 Å². The zero-order chi connectivity index (χ0) is 11.4. The van der Waals surface area contributed by atoms with Crippen LogP contribution in [0.3, 0.4) is 0 Å². The Morgan fingerprint density at radius 2 is 1.94 bits per heavy atom. The van der Waals surface area contributed by atoms with E-state index in [2.05, 4.69) is 22.4 Å². The molecule has 2 heterocycles. The smallest absolute Gasteiger partial charge is 0.209 e. The number of nitrogens with zero attached hydrogens (tertiary/aromatic N) is 1. The Hall–Kier alpha value is -1.48. The zero-order valence-electron chi connectivity index (χ0n) is 9.63. The summed E-state index contributed by atoms with van der Waals surface area (Å²) in [4.78, 5) is 16.3. The molecule has 0 radical (unpaired) electrons. The van der Waals surface area contributed by atoms with Crippen LogP contribution in [0.2, 0.25) is 0 Å². The molecule has 1 saturated carbocycles. The van der Waals surface area contributed by atoms with Crippen LogP contribution < -0.4 is 5.32 Å². The third kappa shape index (κ3) is 0.642. The van der Waals surface area contributed by atoms with Crippen molar-refractivity contribution >= 4 is 17.2 Å². The highest BCUT2D eigenvalue weighted by Gasteiger charge is 2.79. The monoisotopic (exact) mass is 224 g/mol. The number of carbonyl (C=O) groups excluding carboxylic acids is 1. The van der Waals surface area contributed by atoms with E-state index in [0.29, 0.717) is 16.5 Å². The summed E-state index contributed by atoms with van der Waals surface area (Å²) in [7, 11) is 0. The number of carbonyl (C=O) groups is 1. The van der Waals surface area contributed by atoms with E-state index in [0.717, 1.165) is 24.3 Å². The quantitative estimate of drug-likeness (QED) is 0.725. The van der Waals surface area contributed by atoms with Gasteiger partial charge in [-0.1, -0.05) is 0 Å². The Morgan fingerprint density at radius 3 is 2.71 bits per heavy atom. The Labute approximate surface area is 98.9 Å². The van der Waals surface area contributed by atoms with Crippen molar-refractivity contribution in [1.29, 1.82) is 0 Å². The van der Waals surface area contributed by atoms with E-state index >= 15 is 0 Å². The number of hydrogen-bond acceptors (Lipinski definition) is 3. The Kier molecular flexibility index (Phi) is 1.06. The highest BCUT2D eigenvalue weighted by atomic mass is 16.1. The lowest BCUT2D eigenvalue weighted by Gasteiger charge is -2.33. The van der Waals surface area contributed by atoms with E-state index < -0.39 is 0 Å². The van der Waals surface area contributed by atoms with Crippen molar-refractivity contribution in [2.75, 3.05) is 13.1 Å². The molecule has 1 N–H and O–H groups in total. The van der Waals surface area contributed by atoms with E-state index in [1.807, 2.05) is 0 Å².